The topological polar surface area (TPSA) is 12.0 Å². The number of nitrogens with one attached hydrogen (secondary N) is 1. The Balaban J connectivity index is 2.45. The molecule has 0 unspecified atom stereocenters. The molecule has 0 aliphatic rings. The molecule has 1 heteroatoms. The van der Waals surface area contributed by atoms with Gasteiger partial charge in [0.25, 0.3) is 0 Å². The van der Waals surface area contributed by atoms with E-state index in [1.165, 1.54) is 21.9 Å². The molecule has 1 nitrogen and oxygen atoms in total. The summed E-state index contributed by atoms with van der Waals surface area (Å²) in [5.74, 6) is 0. The van der Waals surface area contributed by atoms with Crippen molar-refractivity contribution in [1.82, 2.24) is 5.32 Å². The Morgan fingerprint density at radius 1 is 1.05 bits per heavy atom. The fourth-order valence-electron chi connectivity index (χ4n) is 2.98. The quantitative estimate of drug-likeness (QED) is 0.780. The highest BCUT2D eigenvalue weighted by Crippen LogP contribution is 2.35. The number of benzene rings is 2. The van der Waals surface area contributed by atoms with Gasteiger partial charge < -0.3 is 5.32 Å². The summed E-state index contributed by atoms with van der Waals surface area (Å²) in [5.41, 5.74) is 3.11. The van der Waals surface area contributed by atoms with Crippen molar-refractivity contribution in [3.63, 3.8) is 0 Å². The van der Waals surface area contributed by atoms with Gasteiger partial charge in [-0.05, 0) is 53.7 Å². The zero-order valence-electron chi connectivity index (χ0n) is 12.6. The molecule has 0 amide bonds. The maximum Gasteiger partial charge on any atom is -0.00407 e. The van der Waals surface area contributed by atoms with Crippen LogP contribution in [0.3, 0.4) is 0 Å². The lowest BCUT2D eigenvalue weighted by Crippen LogP contribution is -2.26. The summed E-state index contributed by atoms with van der Waals surface area (Å²) in [6.45, 7) is 11.2. The van der Waals surface area contributed by atoms with Crippen molar-refractivity contribution in [2.24, 2.45) is 0 Å². The SMILES string of the molecule is CCNCCC(C)(C)c1c(C)ccc2ccccc12. The van der Waals surface area contributed by atoms with Gasteiger partial charge in [-0.3, -0.25) is 0 Å². The van der Waals surface area contributed by atoms with E-state index in [0.717, 1.165) is 19.5 Å². The minimum absolute atomic E-state index is 0.202. The normalized spacial score (nSPS) is 12.0. The summed E-state index contributed by atoms with van der Waals surface area (Å²) in [6, 6.07) is 13.2. The van der Waals surface area contributed by atoms with Gasteiger partial charge in [0.15, 0.2) is 0 Å². The molecule has 0 saturated heterocycles. The molecule has 0 fully saturated rings. The Kier molecular flexibility index (Phi) is 4.26. The lowest BCUT2D eigenvalue weighted by Gasteiger charge is -2.29. The van der Waals surface area contributed by atoms with Crippen molar-refractivity contribution in [2.45, 2.75) is 39.5 Å². The molecule has 2 aromatic carbocycles. The zero-order chi connectivity index (χ0) is 13.9. The Morgan fingerprint density at radius 3 is 2.53 bits per heavy atom. The van der Waals surface area contributed by atoms with Crippen LogP contribution in [0.25, 0.3) is 10.8 Å². The minimum atomic E-state index is 0.202. The molecular formula is C18H25N. The molecule has 0 saturated carbocycles. The van der Waals surface area contributed by atoms with Gasteiger partial charge in [-0.2, -0.15) is 0 Å². The molecule has 0 bridgehead atoms. The summed E-state index contributed by atoms with van der Waals surface area (Å²) in [6.07, 6.45) is 1.16. The lowest BCUT2D eigenvalue weighted by atomic mass is 9.77. The molecule has 0 aliphatic heterocycles. The fraction of sp³-hybridized carbons (Fsp3) is 0.444. The van der Waals surface area contributed by atoms with Crippen molar-refractivity contribution in [1.29, 1.82) is 0 Å². The van der Waals surface area contributed by atoms with Crippen LogP contribution in [-0.4, -0.2) is 13.1 Å². The van der Waals surface area contributed by atoms with E-state index >= 15 is 0 Å². The van der Waals surface area contributed by atoms with E-state index in [4.69, 9.17) is 0 Å². The Hall–Kier alpha value is -1.34. The van der Waals surface area contributed by atoms with E-state index in [1.54, 1.807) is 0 Å². The highest BCUT2D eigenvalue weighted by atomic mass is 14.8. The van der Waals surface area contributed by atoms with Crippen LogP contribution in [0.4, 0.5) is 0 Å². The highest BCUT2D eigenvalue weighted by molar-refractivity contribution is 5.87. The zero-order valence-corrected chi connectivity index (χ0v) is 12.6. The first-order chi connectivity index (χ1) is 9.06. The Morgan fingerprint density at radius 2 is 1.79 bits per heavy atom. The molecule has 19 heavy (non-hydrogen) atoms. The predicted octanol–water partition coefficient (Wildman–Crippen LogP) is 4.43. The first-order valence-corrected chi connectivity index (χ1v) is 7.26. The summed E-state index contributed by atoms with van der Waals surface area (Å²) in [7, 11) is 0. The molecular weight excluding hydrogens is 230 g/mol. The van der Waals surface area contributed by atoms with Crippen molar-refractivity contribution in [2.75, 3.05) is 13.1 Å². The van der Waals surface area contributed by atoms with Crippen LogP contribution in [0.15, 0.2) is 36.4 Å². The van der Waals surface area contributed by atoms with Crippen LogP contribution < -0.4 is 5.32 Å². The second kappa shape index (κ2) is 5.75. The van der Waals surface area contributed by atoms with Gasteiger partial charge in [0, 0.05) is 0 Å². The number of hydrogen-bond donors (Lipinski definition) is 1. The average Bonchev–Trinajstić information content (AvgIpc) is 2.38. The van der Waals surface area contributed by atoms with E-state index in [1.807, 2.05) is 0 Å². The first kappa shape index (κ1) is 14.1. The van der Waals surface area contributed by atoms with Crippen LogP contribution >= 0.6 is 0 Å². The third kappa shape index (κ3) is 2.98. The Labute approximate surface area is 117 Å². The van der Waals surface area contributed by atoms with Gasteiger partial charge in [0.1, 0.15) is 0 Å². The third-order valence-corrected chi connectivity index (χ3v) is 3.99. The maximum absolute atomic E-state index is 3.44. The van der Waals surface area contributed by atoms with Crippen molar-refractivity contribution in [3.8, 4) is 0 Å². The molecule has 0 atom stereocenters. The van der Waals surface area contributed by atoms with Crippen LogP contribution in [0.1, 0.15) is 38.3 Å². The molecule has 1 N–H and O–H groups in total. The number of fused-ring (bicyclic) bond motifs is 1. The van der Waals surface area contributed by atoms with Crippen LogP contribution in [0.2, 0.25) is 0 Å². The van der Waals surface area contributed by atoms with Crippen LogP contribution in [0, 0.1) is 6.92 Å². The Bertz CT molecular complexity index is 555. The first-order valence-electron chi connectivity index (χ1n) is 7.26. The van der Waals surface area contributed by atoms with Gasteiger partial charge in [-0.25, -0.2) is 0 Å². The van der Waals surface area contributed by atoms with E-state index < -0.39 is 0 Å². The minimum Gasteiger partial charge on any atom is -0.317 e. The highest BCUT2D eigenvalue weighted by Gasteiger charge is 2.24. The predicted molar refractivity (Wildman–Crippen MR) is 84.9 cm³/mol. The monoisotopic (exact) mass is 255 g/mol. The van der Waals surface area contributed by atoms with Gasteiger partial charge >= 0.3 is 0 Å². The smallest absolute Gasteiger partial charge is 0.00407 e. The molecule has 2 rings (SSSR count). The average molecular weight is 255 g/mol. The van der Waals surface area contributed by atoms with Crippen molar-refractivity contribution in [3.05, 3.63) is 47.5 Å². The van der Waals surface area contributed by atoms with Crippen LogP contribution in [0.5, 0.6) is 0 Å². The fourth-order valence-corrected chi connectivity index (χ4v) is 2.98. The number of rotatable bonds is 5. The largest absolute Gasteiger partial charge is 0.317 e. The van der Waals surface area contributed by atoms with Gasteiger partial charge in [0.05, 0.1) is 0 Å². The lowest BCUT2D eigenvalue weighted by molar-refractivity contribution is 0.462. The van der Waals surface area contributed by atoms with E-state index in [-0.39, 0.29) is 5.41 Å². The number of hydrogen-bond acceptors (Lipinski definition) is 1. The van der Waals surface area contributed by atoms with E-state index in [9.17, 15) is 0 Å². The second-order valence-electron chi connectivity index (χ2n) is 5.97. The molecule has 2 aromatic rings. The molecule has 0 spiro atoms. The summed E-state index contributed by atoms with van der Waals surface area (Å²) < 4.78 is 0. The molecule has 102 valence electrons. The summed E-state index contributed by atoms with van der Waals surface area (Å²) in [5, 5.41) is 6.20. The molecule has 0 heterocycles. The van der Waals surface area contributed by atoms with E-state index in [0.29, 0.717) is 0 Å². The van der Waals surface area contributed by atoms with Gasteiger partial charge in [-0.1, -0.05) is 57.2 Å². The second-order valence-corrected chi connectivity index (χ2v) is 5.97. The summed E-state index contributed by atoms with van der Waals surface area (Å²) >= 11 is 0. The van der Waals surface area contributed by atoms with Gasteiger partial charge in [-0.15, -0.1) is 0 Å². The molecule has 0 aliphatic carbocycles. The van der Waals surface area contributed by atoms with E-state index in [2.05, 4.69) is 69.4 Å². The summed E-state index contributed by atoms with van der Waals surface area (Å²) in [4.78, 5) is 0. The third-order valence-electron chi connectivity index (χ3n) is 3.99. The molecule has 0 aromatic heterocycles. The van der Waals surface area contributed by atoms with Gasteiger partial charge in [0.2, 0.25) is 0 Å². The maximum atomic E-state index is 3.44. The standard InChI is InChI=1S/C18H25N/c1-5-19-13-12-18(3,4)17-14(2)10-11-15-8-6-7-9-16(15)17/h6-11,19H,5,12-13H2,1-4H3. The van der Waals surface area contributed by atoms with Crippen molar-refractivity contribution < 1.29 is 0 Å². The molecule has 0 radical (unpaired) electrons. The number of aryl methyl sites for hydroxylation is 1. The van der Waals surface area contributed by atoms with Crippen LogP contribution in [-0.2, 0) is 5.41 Å². The van der Waals surface area contributed by atoms with Crippen molar-refractivity contribution >= 4 is 10.8 Å².